The first-order valence-corrected chi connectivity index (χ1v) is 5.43. The summed E-state index contributed by atoms with van der Waals surface area (Å²) in [6.45, 7) is 1.63. The minimum absolute atomic E-state index is 0. The largest absolute Gasteiger partial charge is 0.419 e. The molecule has 3 heterocycles. The molecule has 0 spiro atoms. The topological polar surface area (TPSA) is 41.1 Å². The van der Waals surface area contributed by atoms with Crippen LogP contribution < -0.4 is 10.2 Å². The summed E-state index contributed by atoms with van der Waals surface area (Å²) in [4.78, 5) is 9.60. The number of hydrogen-bond donors (Lipinski definition) is 1. The molecule has 0 aromatic carbocycles. The zero-order chi connectivity index (χ0) is 12.0. The lowest BCUT2D eigenvalue weighted by Gasteiger charge is -2.27. The molecule has 18 heavy (non-hydrogen) atoms. The number of piperazine rings is 1. The van der Waals surface area contributed by atoms with Gasteiger partial charge in [0.2, 0.25) is 5.95 Å². The van der Waals surface area contributed by atoms with E-state index in [-0.39, 0.29) is 12.4 Å². The fourth-order valence-electron chi connectivity index (χ4n) is 2.42. The van der Waals surface area contributed by atoms with Gasteiger partial charge in [0.1, 0.15) is 0 Å². The Kier molecular flexibility index (Phi) is 3.37. The Labute approximate surface area is 108 Å². The summed E-state index contributed by atoms with van der Waals surface area (Å²) in [5, 5.41) is 3.31. The van der Waals surface area contributed by atoms with Gasteiger partial charge in [-0.1, -0.05) is 0 Å². The van der Waals surface area contributed by atoms with E-state index < -0.39 is 11.7 Å². The lowest BCUT2D eigenvalue weighted by Crippen LogP contribution is -2.44. The highest BCUT2D eigenvalue weighted by Gasteiger charge is 2.39. The molecular formula is C10H12ClF3N4. The molecule has 1 N–H and O–H groups in total. The molecule has 8 heteroatoms. The highest BCUT2D eigenvalue weighted by atomic mass is 35.5. The molecular weight excluding hydrogens is 269 g/mol. The van der Waals surface area contributed by atoms with Gasteiger partial charge in [0.25, 0.3) is 0 Å². The lowest BCUT2D eigenvalue weighted by atomic mass is 10.2. The van der Waals surface area contributed by atoms with Crippen molar-refractivity contribution in [3.63, 3.8) is 0 Å². The highest BCUT2D eigenvalue weighted by Crippen LogP contribution is 2.30. The first kappa shape index (κ1) is 13.4. The lowest BCUT2D eigenvalue weighted by molar-refractivity contribution is -0.138. The van der Waals surface area contributed by atoms with Crippen molar-refractivity contribution in [3.8, 4) is 0 Å². The number of aromatic nitrogens is 2. The van der Waals surface area contributed by atoms with Gasteiger partial charge in [-0.25, -0.2) is 9.97 Å². The van der Waals surface area contributed by atoms with E-state index in [0.29, 0.717) is 18.0 Å². The second-order valence-electron chi connectivity index (χ2n) is 4.42. The van der Waals surface area contributed by atoms with Crippen molar-refractivity contribution in [1.29, 1.82) is 0 Å². The van der Waals surface area contributed by atoms with Crippen LogP contribution in [0.15, 0.2) is 12.4 Å². The molecule has 0 aliphatic carbocycles. The predicted octanol–water partition coefficient (Wildman–Crippen LogP) is 1.47. The third-order valence-electron chi connectivity index (χ3n) is 3.28. The summed E-state index contributed by atoms with van der Waals surface area (Å²) in [6.07, 6.45) is -1.65. The molecule has 2 bridgehead atoms. The summed E-state index contributed by atoms with van der Waals surface area (Å²) in [5.74, 6) is 0.395. The molecule has 0 radical (unpaired) electrons. The van der Waals surface area contributed by atoms with E-state index in [0.717, 1.165) is 31.9 Å². The summed E-state index contributed by atoms with van der Waals surface area (Å²) in [6, 6.07) is 0.739. The molecule has 2 atom stereocenters. The van der Waals surface area contributed by atoms with Crippen LogP contribution in [0.1, 0.15) is 12.0 Å². The molecule has 2 saturated heterocycles. The number of nitrogens with one attached hydrogen (secondary N) is 1. The monoisotopic (exact) mass is 280 g/mol. The number of alkyl halides is 3. The maximum Gasteiger partial charge on any atom is 0.419 e. The normalized spacial score (nSPS) is 26.3. The molecule has 0 saturated carbocycles. The van der Waals surface area contributed by atoms with Crippen LogP contribution in [0.2, 0.25) is 0 Å². The minimum Gasteiger partial charge on any atom is -0.335 e. The zero-order valence-corrected chi connectivity index (χ0v) is 10.1. The smallest absolute Gasteiger partial charge is 0.335 e. The van der Waals surface area contributed by atoms with Gasteiger partial charge in [0.05, 0.1) is 5.56 Å². The summed E-state index contributed by atoms with van der Waals surface area (Å²) in [7, 11) is 0. The predicted molar refractivity (Wildman–Crippen MR) is 61.8 cm³/mol. The first-order valence-electron chi connectivity index (χ1n) is 5.43. The van der Waals surface area contributed by atoms with Gasteiger partial charge in [0.15, 0.2) is 0 Å². The second kappa shape index (κ2) is 4.55. The van der Waals surface area contributed by atoms with Crippen LogP contribution >= 0.6 is 12.4 Å². The molecule has 3 rings (SSSR count). The third-order valence-corrected chi connectivity index (χ3v) is 3.28. The van der Waals surface area contributed by atoms with Crippen LogP contribution in [-0.2, 0) is 6.18 Å². The van der Waals surface area contributed by atoms with Crippen LogP contribution in [-0.4, -0.2) is 35.1 Å². The molecule has 2 unspecified atom stereocenters. The van der Waals surface area contributed by atoms with Gasteiger partial charge in [-0.05, 0) is 6.42 Å². The maximum absolute atomic E-state index is 12.3. The minimum atomic E-state index is -4.37. The SMILES string of the molecule is Cl.FC(F)(F)c1cnc(N2CC3CC2CN3)nc1. The van der Waals surface area contributed by atoms with Gasteiger partial charge in [-0.15, -0.1) is 12.4 Å². The molecule has 1 aromatic heterocycles. The van der Waals surface area contributed by atoms with Gasteiger partial charge in [-0.2, -0.15) is 13.2 Å². The van der Waals surface area contributed by atoms with E-state index in [2.05, 4.69) is 15.3 Å². The number of anilines is 1. The third kappa shape index (κ3) is 2.24. The number of hydrogen-bond acceptors (Lipinski definition) is 4. The highest BCUT2D eigenvalue weighted by molar-refractivity contribution is 5.85. The fourth-order valence-corrected chi connectivity index (χ4v) is 2.42. The average Bonchev–Trinajstić information content (AvgIpc) is 2.89. The maximum atomic E-state index is 12.3. The van der Waals surface area contributed by atoms with Crippen molar-refractivity contribution in [2.75, 3.05) is 18.0 Å². The Bertz CT molecular complexity index is 422. The van der Waals surface area contributed by atoms with E-state index >= 15 is 0 Å². The molecule has 2 aliphatic rings. The van der Waals surface area contributed by atoms with E-state index in [9.17, 15) is 13.2 Å². The molecule has 4 nitrogen and oxygen atoms in total. The van der Waals surface area contributed by atoms with Crippen LogP contribution in [0, 0.1) is 0 Å². The van der Waals surface area contributed by atoms with Crippen LogP contribution in [0.25, 0.3) is 0 Å². The Hall–Kier alpha value is -1.08. The van der Waals surface area contributed by atoms with Gasteiger partial charge < -0.3 is 10.2 Å². The Morgan fingerprint density at radius 1 is 1.28 bits per heavy atom. The van der Waals surface area contributed by atoms with Crippen LogP contribution in [0.4, 0.5) is 19.1 Å². The zero-order valence-electron chi connectivity index (χ0n) is 9.31. The van der Waals surface area contributed by atoms with E-state index in [1.165, 1.54) is 0 Å². The quantitative estimate of drug-likeness (QED) is 0.846. The van der Waals surface area contributed by atoms with Crippen molar-refractivity contribution in [2.45, 2.75) is 24.7 Å². The Morgan fingerprint density at radius 2 is 1.94 bits per heavy atom. The molecule has 1 aromatic rings. The van der Waals surface area contributed by atoms with Crippen molar-refractivity contribution in [1.82, 2.24) is 15.3 Å². The molecule has 0 amide bonds. The summed E-state index contributed by atoms with van der Waals surface area (Å²) in [5.41, 5.74) is -0.802. The number of nitrogens with zero attached hydrogens (tertiary/aromatic N) is 3. The molecule has 2 aliphatic heterocycles. The number of halogens is 4. The Balaban J connectivity index is 0.00000120. The standard InChI is InChI=1S/C10H11F3N4.ClH/c11-10(12,13)6-2-15-9(16-3-6)17-5-7-1-8(17)4-14-7;/h2-3,7-8,14H,1,4-5H2;1H. The van der Waals surface area contributed by atoms with Crippen molar-refractivity contribution < 1.29 is 13.2 Å². The summed E-state index contributed by atoms with van der Waals surface area (Å²) >= 11 is 0. The van der Waals surface area contributed by atoms with Crippen LogP contribution in [0.5, 0.6) is 0 Å². The van der Waals surface area contributed by atoms with Crippen LogP contribution in [0.3, 0.4) is 0 Å². The van der Waals surface area contributed by atoms with Gasteiger partial charge in [-0.3, -0.25) is 0 Å². The number of rotatable bonds is 1. The van der Waals surface area contributed by atoms with E-state index in [1.807, 2.05) is 4.90 Å². The summed E-state index contributed by atoms with van der Waals surface area (Å²) < 4.78 is 37.0. The Morgan fingerprint density at radius 3 is 2.39 bits per heavy atom. The average molecular weight is 281 g/mol. The van der Waals surface area contributed by atoms with Gasteiger partial charge >= 0.3 is 6.18 Å². The van der Waals surface area contributed by atoms with Gasteiger partial charge in [0, 0.05) is 37.6 Å². The van der Waals surface area contributed by atoms with E-state index in [4.69, 9.17) is 0 Å². The van der Waals surface area contributed by atoms with Crippen molar-refractivity contribution >= 4 is 18.4 Å². The van der Waals surface area contributed by atoms with Crippen molar-refractivity contribution in [3.05, 3.63) is 18.0 Å². The molecule has 2 fully saturated rings. The van der Waals surface area contributed by atoms with E-state index in [1.54, 1.807) is 0 Å². The van der Waals surface area contributed by atoms with Crippen molar-refractivity contribution in [2.24, 2.45) is 0 Å². The number of fused-ring (bicyclic) bond motifs is 2. The molecule has 100 valence electrons. The fraction of sp³-hybridized carbons (Fsp3) is 0.600. The first-order chi connectivity index (χ1) is 8.04. The second-order valence-corrected chi connectivity index (χ2v) is 4.42.